The van der Waals surface area contributed by atoms with Gasteiger partial charge in [-0.15, -0.1) is 0 Å². The molecule has 0 unspecified atom stereocenters. The van der Waals surface area contributed by atoms with Crippen LogP contribution < -0.4 is 15.4 Å². The average Bonchev–Trinajstić information content (AvgIpc) is 2.57. The van der Waals surface area contributed by atoms with E-state index in [2.05, 4.69) is 26.6 Å². The van der Waals surface area contributed by atoms with E-state index < -0.39 is 11.5 Å². The number of nitrogens with one attached hydrogen (secondary N) is 2. The highest BCUT2D eigenvalue weighted by Gasteiger charge is 2.30. The van der Waals surface area contributed by atoms with Crippen molar-refractivity contribution in [2.75, 3.05) is 11.9 Å². The number of rotatable bonds is 6. The molecule has 0 atom stereocenters. The van der Waals surface area contributed by atoms with Crippen LogP contribution in [0.3, 0.4) is 0 Å². The van der Waals surface area contributed by atoms with E-state index in [1.165, 1.54) is 0 Å². The number of carbonyl (C=O) groups excluding carboxylic acids is 2. The fourth-order valence-corrected chi connectivity index (χ4v) is 2.78. The number of anilines is 1. The minimum absolute atomic E-state index is 0.151. The molecule has 26 heavy (non-hydrogen) atoms. The van der Waals surface area contributed by atoms with Crippen LogP contribution in [0.1, 0.15) is 19.4 Å². The molecule has 0 aliphatic carbocycles. The Morgan fingerprint density at radius 2 is 1.81 bits per heavy atom. The molecule has 0 heterocycles. The number of hydrogen-bond donors (Lipinski definition) is 2. The van der Waals surface area contributed by atoms with Gasteiger partial charge in [0.1, 0.15) is 5.75 Å². The smallest absolute Gasteiger partial charge is 0.264 e. The predicted molar refractivity (Wildman–Crippen MR) is 107 cm³/mol. The molecule has 0 radical (unpaired) electrons. The van der Waals surface area contributed by atoms with Gasteiger partial charge in [-0.25, -0.2) is 0 Å². The van der Waals surface area contributed by atoms with E-state index in [4.69, 9.17) is 16.3 Å². The third-order valence-corrected chi connectivity index (χ3v) is 4.35. The SMILES string of the molecule is Cc1cc(Br)ccc1NC(=O)CNC(=O)C(C)(C)Oc1ccc(Cl)cc1. The van der Waals surface area contributed by atoms with Crippen LogP contribution >= 0.6 is 27.5 Å². The van der Waals surface area contributed by atoms with E-state index >= 15 is 0 Å². The van der Waals surface area contributed by atoms with E-state index in [1.807, 2.05) is 19.1 Å². The number of amides is 2. The number of hydrogen-bond acceptors (Lipinski definition) is 3. The second-order valence-electron chi connectivity index (χ2n) is 6.26. The summed E-state index contributed by atoms with van der Waals surface area (Å²) < 4.78 is 6.63. The van der Waals surface area contributed by atoms with Crippen LogP contribution in [0.4, 0.5) is 5.69 Å². The summed E-state index contributed by atoms with van der Waals surface area (Å²) in [6, 6.07) is 12.3. The van der Waals surface area contributed by atoms with Gasteiger partial charge in [0, 0.05) is 15.2 Å². The molecule has 0 aliphatic heterocycles. The summed E-state index contributed by atoms with van der Waals surface area (Å²) >= 11 is 9.21. The summed E-state index contributed by atoms with van der Waals surface area (Å²) in [5.41, 5.74) is 0.483. The lowest BCUT2D eigenvalue weighted by atomic mass is 10.1. The third kappa shape index (κ3) is 5.75. The highest BCUT2D eigenvalue weighted by Crippen LogP contribution is 2.21. The summed E-state index contributed by atoms with van der Waals surface area (Å²) in [6.07, 6.45) is 0. The lowest BCUT2D eigenvalue weighted by molar-refractivity contribution is -0.135. The molecule has 0 aromatic heterocycles. The van der Waals surface area contributed by atoms with Gasteiger partial charge >= 0.3 is 0 Å². The van der Waals surface area contributed by atoms with Gasteiger partial charge in [-0.2, -0.15) is 0 Å². The standard InChI is InChI=1S/C19H20BrClN2O3/c1-12-10-13(20)4-9-16(12)23-17(24)11-22-18(25)19(2,3)26-15-7-5-14(21)6-8-15/h4-10H,11H2,1-3H3,(H,22,25)(H,23,24). The number of carbonyl (C=O) groups is 2. The lowest BCUT2D eigenvalue weighted by Gasteiger charge is -2.25. The Labute approximate surface area is 166 Å². The Morgan fingerprint density at radius 3 is 2.42 bits per heavy atom. The molecule has 2 N–H and O–H groups in total. The molecule has 0 aliphatic rings. The summed E-state index contributed by atoms with van der Waals surface area (Å²) in [6.45, 7) is 5.01. The predicted octanol–water partition coefficient (Wildman–Crippen LogP) is 4.32. The second-order valence-corrected chi connectivity index (χ2v) is 7.61. The zero-order valence-corrected chi connectivity index (χ0v) is 17.1. The lowest BCUT2D eigenvalue weighted by Crippen LogP contribution is -2.48. The van der Waals surface area contributed by atoms with Crippen LogP contribution in [0.15, 0.2) is 46.9 Å². The van der Waals surface area contributed by atoms with Crippen LogP contribution in [0.5, 0.6) is 5.75 Å². The largest absolute Gasteiger partial charge is 0.478 e. The number of halogens is 2. The molecule has 0 saturated heterocycles. The molecule has 2 rings (SSSR count). The molecule has 0 bridgehead atoms. The molecule has 0 saturated carbocycles. The molecule has 0 fully saturated rings. The van der Waals surface area contributed by atoms with Gasteiger partial charge < -0.3 is 15.4 Å². The van der Waals surface area contributed by atoms with Gasteiger partial charge in [0.05, 0.1) is 6.54 Å². The van der Waals surface area contributed by atoms with Gasteiger partial charge in [0.15, 0.2) is 5.60 Å². The van der Waals surface area contributed by atoms with Crippen molar-refractivity contribution < 1.29 is 14.3 Å². The molecule has 2 amide bonds. The first-order chi connectivity index (χ1) is 12.2. The number of benzene rings is 2. The van der Waals surface area contributed by atoms with E-state index in [0.717, 1.165) is 10.0 Å². The minimum Gasteiger partial charge on any atom is -0.478 e. The Kier molecular flexibility index (Phi) is 6.67. The van der Waals surface area contributed by atoms with Gasteiger partial charge in [0.25, 0.3) is 5.91 Å². The summed E-state index contributed by atoms with van der Waals surface area (Å²) in [5, 5.41) is 5.95. The fourth-order valence-electron chi connectivity index (χ4n) is 2.18. The zero-order chi connectivity index (χ0) is 19.3. The monoisotopic (exact) mass is 438 g/mol. The molecule has 2 aromatic carbocycles. The Balaban J connectivity index is 1.89. The first kappa shape index (κ1) is 20.3. The zero-order valence-electron chi connectivity index (χ0n) is 14.7. The Hall–Kier alpha value is -2.05. The molecule has 138 valence electrons. The molecular formula is C19H20BrClN2O3. The maximum Gasteiger partial charge on any atom is 0.264 e. The first-order valence-electron chi connectivity index (χ1n) is 7.96. The fraction of sp³-hybridized carbons (Fsp3) is 0.263. The molecule has 2 aromatic rings. The quantitative estimate of drug-likeness (QED) is 0.704. The Morgan fingerprint density at radius 1 is 1.15 bits per heavy atom. The normalized spacial score (nSPS) is 11.0. The van der Waals surface area contributed by atoms with E-state index in [0.29, 0.717) is 16.5 Å². The van der Waals surface area contributed by atoms with Gasteiger partial charge in [0.2, 0.25) is 5.91 Å². The molecular weight excluding hydrogens is 420 g/mol. The highest BCUT2D eigenvalue weighted by molar-refractivity contribution is 9.10. The maximum absolute atomic E-state index is 12.4. The Bertz CT molecular complexity index is 807. The van der Waals surface area contributed by atoms with Crippen molar-refractivity contribution in [3.8, 4) is 5.75 Å². The minimum atomic E-state index is -1.14. The van der Waals surface area contributed by atoms with Crippen molar-refractivity contribution in [3.63, 3.8) is 0 Å². The average molecular weight is 440 g/mol. The number of ether oxygens (including phenoxy) is 1. The first-order valence-corrected chi connectivity index (χ1v) is 9.13. The van der Waals surface area contributed by atoms with Crippen molar-refractivity contribution in [3.05, 3.63) is 57.5 Å². The summed E-state index contributed by atoms with van der Waals surface area (Å²) in [4.78, 5) is 24.4. The van der Waals surface area contributed by atoms with Crippen LogP contribution in [0, 0.1) is 6.92 Å². The molecule has 0 spiro atoms. The van der Waals surface area contributed by atoms with Crippen molar-refractivity contribution >= 4 is 45.0 Å². The van der Waals surface area contributed by atoms with E-state index in [9.17, 15) is 9.59 Å². The summed E-state index contributed by atoms with van der Waals surface area (Å²) in [5.74, 6) is -0.189. The molecule has 7 heteroatoms. The van der Waals surface area contributed by atoms with Crippen molar-refractivity contribution in [1.82, 2.24) is 5.32 Å². The van der Waals surface area contributed by atoms with Crippen LogP contribution in [0.2, 0.25) is 5.02 Å². The highest BCUT2D eigenvalue weighted by atomic mass is 79.9. The van der Waals surface area contributed by atoms with Crippen molar-refractivity contribution in [2.24, 2.45) is 0 Å². The van der Waals surface area contributed by atoms with Crippen LogP contribution in [-0.4, -0.2) is 24.0 Å². The van der Waals surface area contributed by atoms with Crippen LogP contribution in [-0.2, 0) is 9.59 Å². The third-order valence-electron chi connectivity index (χ3n) is 3.61. The second kappa shape index (κ2) is 8.56. The van der Waals surface area contributed by atoms with Crippen molar-refractivity contribution in [1.29, 1.82) is 0 Å². The van der Waals surface area contributed by atoms with E-state index in [1.54, 1.807) is 44.2 Å². The van der Waals surface area contributed by atoms with Crippen LogP contribution in [0.25, 0.3) is 0 Å². The van der Waals surface area contributed by atoms with Gasteiger partial charge in [-0.05, 0) is 68.8 Å². The maximum atomic E-state index is 12.4. The number of aryl methyl sites for hydroxylation is 1. The van der Waals surface area contributed by atoms with Gasteiger partial charge in [-0.1, -0.05) is 27.5 Å². The topological polar surface area (TPSA) is 67.4 Å². The van der Waals surface area contributed by atoms with Crippen molar-refractivity contribution in [2.45, 2.75) is 26.4 Å². The molecule has 5 nitrogen and oxygen atoms in total. The summed E-state index contributed by atoms with van der Waals surface area (Å²) in [7, 11) is 0. The van der Waals surface area contributed by atoms with Gasteiger partial charge in [-0.3, -0.25) is 9.59 Å². The van der Waals surface area contributed by atoms with E-state index in [-0.39, 0.29) is 12.5 Å².